The zero-order valence-corrected chi connectivity index (χ0v) is 27.2. The van der Waals surface area contributed by atoms with Crippen LogP contribution in [0.1, 0.15) is 65.0 Å². The molecular formula is C31H39BrF4N2O6. The number of hydrogen-bond acceptors (Lipinski definition) is 6. The number of hydrogen-bond donors (Lipinski definition) is 1. The summed E-state index contributed by atoms with van der Waals surface area (Å²) in [6.45, 7) is 7.70. The number of amides is 2. The number of halogens is 5. The van der Waals surface area contributed by atoms with Crippen LogP contribution < -0.4 is 15.0 Å². The van der Waals surface area contributed by atoms with Gasteiger partial charge < -0.3 is 19.5 Å². The van der Waals surface area contributed by atoms with Crippen molar-refractivity contribution in [1.82, 2.24) is 5.32 Å². The number of carbonyl (C=O) groups excluding carboxylic acids is 3. The molecule has 0 aliphatic heterocycles. The Hall–Kier alpha value is -3.35. The van der Waals surface area contributed by atoms with E-state index in [4.69, 9.17) is 9.47 Å². The van der Waals surface area contributed by atoms with Crippen molar-refractivity contribution >= 4 is 39.6 Å². The summed E-state index contributed by atoms with van der Waals surface area (Å²) < 4.78 is 73.5. The van der Waals surface area contributed by atoms with Crippen molar-refractivity contribution in [3.05, 3.63) is 57.8 Å². The average molecular weight is 692 g/mol. The summed E-state index contributed by atoms with van der Waals surface area (Å²) in [4.78, 5) is 37.3. The molecule has 0 aliphatic carbocycles. The van der Waals surface area contributed by atoms with Gasteiger partial charge in [-0.1, -0.05) is 73.0 Å². The van der Waals surface area contributed by atoms with Gasteiger partial charge in [0.05, 0.1) is 7.11 Å². The van der Waals surface area contributed by atoms with Crippen LogP contribution in [-0.4, -0.2) is 49.4 Å². The number of carbonyl (C=O) groups is 3. The second-order valence-electron chi connectivity index (χ2n) is 11.6. The summed E-state index contributed by atoms with van der Waals surface area (Å²) in [5, 5.41) is 2.73. The maximum Gasteiger partial charge on any atom is 0.471 e. The number of alkyl halides is 3. The van der Waals surface area contributed by atoms with E-state index in [0.717, 1.165) is 13.5 Å². The molecule has 2 rings (SSSR count). The van der Waals surface area contributed by atoms with E-state index in [0.29, 0.717) is 24.3 Å². The van der Waals surface area contributed by atoms with E-state index >= 15 is 4.39 Å². The van der Waals surface area contributed by atoms with Crippen LogP contribution in [0, 0.1) is 11.7 Å². The highest BCUT2D eigenvalue weighted by Crippen LogP contribution is 2.41. The fourth-order valence-corrected chi connectivity index (χ4v) is 4.77. The lowest BCUT2D eigenvalue weighted by molar-refractivity contribution is -0.171. The average Bonchev–Trinajstić information content (AvgIpc) is 2.91. The van der Waals surface area contributed by atoms with E-state index in [1.807, 2.05) is 13.8 Å². The molecule has 0 heterocycles. The van der Waals surface area contributed by atoms with E-state index in [-0.39, 0.29) is 28.0 Å². The summed E-state index contributed by atoms with van der Waals surface area (Å²) in [6, 6.07) is 9.12. The van der Waals surface area contributed by atoms with Gasteiger partial charge in [0.15, 0.2) is 5.82 Å². The Balaban J connectivity index is 2.65. The van der Waals surface area contributed by atoms with Crippen molar-refractivity contribution in [2.24, 2.45) is 5.92 Å². The van der Waals surface area contributed by atoms with Crippen molar-refractivity contribution < 1.29 is 46.2 Å². The minimum atomic E-state index is -5.46. The molecule has 0 aliphatic rings. The minimum absolute atomic E-state index is 0.0352. The minimum Gasteiger partial charge on any atom is -0.487 e. The first kappa shape index (κ1) is 36.8. The Labute approximate surface area is 263 Å². The molecule has 1 unspecified atom stereocenters. The van der Waals surface area contributed by atoms with Crippen LogP contribution in [0.2, 0.25) is 0 Å². The second kappa shape index (κ2) is 16.1. The highest BCUT2D eigenvalue weighted by Gasteiger charge is 2.46. The van der Waals surface area contributed by atoms with Gasteiger partial charge in [0.25, 0.3) is 0 Å². The molecule has 244 valence electrons. The normalized spacial score (nSPS) is 12.5. The molecule has 1 N–H and O–H groups in total. The van der Waals surface area contributed by atoms with E-state index in [1.165, 1.54) is 6.07 Å². The zero-order chi connectivity index (χ0) is 33.2. The van der Waals surface area contributed by atoms with Crippen molar-refractivity contribution in [2.75, 3.05) is 18.6 Å². The number of nitrogens with one attached hydrogen (secondary N) is 1. The number of rotatable bonds is 13. The molecular weight excluding hydrogens is 652 g/mol. The van der Waals surface area contributed by atoms with Crippen molar-refractivity contribution in [3.8, 4) is 5.75 Å². The van der Waals surface area contributed by atoms with Crippen LogP contribution >= 0.6 is 15.9 Å². The first-order valence-electron chi connectivity index (χ1n) is 14.1. The van der Waals surface area contributed by atoms with Crippen molar-refractivity contribution in [2.45, 2.75) is 84.7 Å². The summed E-state index contributed by atoms with van der Waals surface area (Å²) in [7, 11) is 0.929. The topological polar surface area (TPSA) is 94.2 Å². The molecule has 8 nitrogen and oxygen atoms in total. The van der Waals surface area contributed by atoms with Gasteiger partial charge in [-0.25, -0.2) is 9.18 Å². The third-order valence-electron chi connectivity index (χ3n) is 6.27. The Kier molecular flexibility index (Phi) is 13.5. The molecule has 2 aromatic carbocycles. The fourth-order valence-electron chi connectivity index (χ4n) is 4.23. The molecule has 0 fully saturated rings. The number of ether oxygens (including phenoxy) is 3. The molecule has 0 saturated heterocycles. The number of esters is 1. The van der Waals surface area contributed by atoms with Gasteiger partial charge in [-0.2, -0.15) is 13.2 Å². The van der Waals surface area contributed by atoms with Crippen LogP contribution in [-0.2, 0) is 32.1 Å². The smallest absolute Gasteiger partial charge is 0.471 e. The van der Waals surface area contributed by atoms with Gasteiger partial charge in [0.1, 0.15) is 30.2 Å². The Bertz CT molecular complexity index is 1280. The second-order valence-corrected chi connectivity index (χ2v) is 12.5. The molecule has 0 spiro atoms. The van der Waals surface area contributed by atoms with Gasteiger partial charge >= 0.3 is 24.1 Å². The lowest BCUT2D eigenvalue weighted by Crippen LogP contribution is -2.45. The van der Waals surface area contributed by atoms with Gasteiger partial charge in [-0.05, 0) is 51.2 Å². The van der Waals surface area contributed by atoms with Crippen LogP contribution in [0.5, 0.6) is 5.75 Å². The SMILES string of the molecule is COC(=O)CN(C(=O)C(F)(F)F)c1c(OCc2ccccc2)cc(Br)c(CC(CCCC(C)C)NC(=O)OC(C)(C)C)c1F. The zero-order valence-electron chi connectivity index (χ0n) is 25.6. The molecule has 0 radical (unpaired) electrons. The summed E-state index contributed by atoms with van der Waals surface area (Å²) >= 11 is 3.30. The maximum atomic E-state index is 16.5. The molecule has 13 heteroatoms. The predicted octanol–water partition coefficient (Wildman–Crippen LogP) is 7.50. The number of alkyl carbamates (subject to hydrolysis) is 1. The predicted molar refractivity (Wildman–Crippen MR) is 161 cm³/mol. The van der Waals surface area contributed by atoms with Gasteiger partial charge in [-0.15, -0.1) is 0 Å². The number of methoxy groups -OCH3 is 1. The fraction of sp³-hybridized carbons (Fsp3) is 0.516. The summed E-state index contributed by atoms with van der Waals surface area (Å²) in [5.41, 5.74) is -1.21. The van der Waals surface area contributed by atoms with Gasteiger partial charge in [-0.3, -0.25) is 14.5 Å². The van der Waals surface area contributed by atoms with Crippen LogP contribution in [0.3, 0.4) is 0 Å². The van der Waals surface area contributed by atoms with Crippen molar-refractivity contribution in [3.63, 3.8) is 0 Å². The molecule has 44 heavy (non-hydrogen) atoms. The highest BCUT2D eigenvalue weighted by molar-refractivity contribution is 9.10. The Morgan fingerprint density at radius 1 is 1.05 bits per heavy atom. The molecule has 2 aromatic rings. The maximum absolute atomic E-state index is 16.5. The molecule has 0 aromatic heterocycles. The highest BCUT2D eigenvalue weighted by atomic mass is 79.9. The van der Waals surface area contributed by atoms with E-state index < -0.39 is 59.6 Å². The third-order valence-corrected chi connectivity index (χ3v) is 6.97. The quantitative estimate of drug-likeness (QED) is 0.173. The molecule has 0 bridgehead atoms. The standard InChI is InChI=1S/C31H39BrF4N2O6/c1-19(2)11-10-14-21(37-29(41)44-30(3,4)5)15-22-23(32)16-24(43-18-20-12-8-7-9-13-20)27(26(22)33)38(17-25(39)42-6)28(40)31(34,35)36/h7-9,12-13,16,19,21H,10-11,14-15,17-18H2,1-6H3,(H,37,41). The molecule has 1 atom stereocenters. The number of benzene rings is 2. The lowest BCUT2D eigenvalue weighted by Gasteiger charge is -2.28. The van der Waals surface area contributed by atoms with Crippen LogP contribution in [0.15, 0.2) is 40.9 Å². The summed E-state index contributed by atoms with van der Waals surface area (Å²) in [6.07, 6.45) is -4.52. The van der Waals surface area contributed by atoms with Gasteiger partial charge in [0, 0.05) is 16.1 Å². The Morgan fingerprint density at radius 3 is 2.23 bits per heavy atom. The van der Waals surface area contributed by atoms with Crippen LogP contribution in [0.25, 0.3) is 0 Å². The van der Waals surface area contributed by atoms with E-state index in [1.54, 1.807) is 51.1 Å². The van der Waals surface area contributed by atoms with Gasteiger partial charge in [0.2, 0.25) is 0 Å². The van der Waals surface area contributed by atoms with Crippen molar-refractivity contribution in [1.29, 1.82) is 0 Å². The largest absolute Gasteiger partial charge is 0.487 e. The summed E-state index contributed by atoms with van der Waals surface area (Å²) in [5.74, 6) is -4.99. The molecule has 2 amide bonds. The first-order valence-corrected chi connectivity index (χ1v) is 14.8. The Morgan fingerprint density at radius 2 is 1.68 bits per heavy atom. The first-order chi connectivity index (χ1) is 20.4. The molecule has 0 saturated carbocycles. The third kappa shape index (κ3) is 11.6. The van der Waals surface area contributed by atoms with E-state index in [9.17, 15) is 27.6 Å². The number of anilines is 1. The van der Waals surface area contributed by atoms with E-state index in [2.05, 4.69) is 26.0 Å². The van der Waals surface area contributed by atoms with Crippen LogP contribution in [0.4, 0.5) is 28.0 Å². The monoisotopic (exact) mass is 690 g/mol. The number of nitrogens with zero attached hydrogens (tertiary/aromatic N) is 1. The lowest BCUT2D eigenvalue weighted by atomic mass is 9.97.